The van der Waals surface area contributed by atoms with E-state index >= 15 is 0 Å². The molecule has 1 aromatic rings. The molecule has 0 saturated heterocycles. The smallest absolute Gasteiger partial charge is 0.0537 e. The van der Waals surface area contributed by atoms with Crippen LogP contribution in [0.4, 0.5) is 5.69 Å². The highest BCUT2D eigenvalue weighted by molar-refractivity contribution is 7.85. The number of unbranched alkanes of at least 4 members (excludes halogenated alkanes) is 1. The summed E-state index contributed by atoms with van der Waals surface area (Å²) in [5.74, 6) is 0.845. The predicted octanol–water partition coefficient (Wildman–Crippen LogP) is 4.39. The van der Waals surface area contributed by atoms with Gasteiger partial charge in [-0.15, -0.1) is 0 Å². The zero-order valence-corrected chi connectivity index (χ0v) is 14.8. The van der Waals surface area contributed by atoms with Gasteiger partial charge in [0.2, 0.25) is 0 Å². The molecule has 2 atom stereocenters. The fraction of sp³-hybridized carbons (Fsp3) is 0.667. The standard InChI is InChI=1S/C18H29NOS/c1-5-7-11-18(6-2)12-10-15-13-16(19(3)4)8-9-17(15)21(20)14-18/h8-9,13H,5-7,10-12,14H2,1-4H3/t18-,21?/m0/s1. The molecule has 0 amide bonds. The SMILES string of the molecule is CCCC[C@@]1(CC)CCc2cc(N(C)C)ccc2S(=O)C1. The Hall–Kier alpha value is -0.830. The maximum Gasteiger partial charge on any atom is 0.0537 e. The van der Waals surface area contributed by atoms with Crippen molar-refractivity contribution in [1.29, 1.82) is 0 Å². The summed E-state index contributed by atoms with van der Waals surface area (Å²) in [5.41, 5.74) is 2.78. The van der Waals surface area contributed by atoms with Crippen LogP contribution in [0.3, 0.4) is 0 Å². The average Bonchev–Trinajstić information content (AvgIpc) is 2.62. The van der Waals surface area contributed by atoms with Crippen LogP contribution >= 0.6 is 0 Å². The highest BCUT2D eigenvalue weighted by atomic mass is 32.2. The first kappa shape index (κ1) is 16.5. The summed E-state index contributed by atoms with van der Waals surface area (Å²) in [7, 11) is 3.28. The summed E-state index contributed by atoms with van der Waals surface area (Å²) < 4.78 is 12.8. The summed E-state index contributed by atoms with van der Waals surface area (Å²) in [4.78, 5) is 3.20. The van der Waals surface area contributed by atoms with Gasteiger partial charge in [-0.25, -0.2) is 0 Å². The van der Waals surface area contributed by atoms with E-state index in [-0.39, 0.29) is 5.41 Å². The Morgan fingerprint density at radius 3 is 2.67 bits per heavy atom. The number of rotatable bonds is 5. The van der Waals surface area contributed by atoms with E-state index in [1.807, 2.05) is 0 Å². The lowest BCUT2D eigenvalue weighted by atomic mass is 9.77. The van der Waals surface area contributed by atoms with E-state index in [0.717, 1.165) is 23.5 Å². The molecule has 0 radical (unpaired) electrons. The van der Waals surface area contributed by atoms with Crippen LogP contribution in [0, 0.1) is 5.41 Å². The van der Waals surface area contributed by atoms with E-state index in [1.165, 1.54) is 36.9 Å². The van der Waals surface area contributed by atoms with Crippen LogP contribution in [-0.2, 0) is 17.2 Å². The summed E-state index contributed by atoms with van der Waals surface area (Å²) in [6, 6.07) is 6.42. The van der Waals surface area contributed by atoms with Crippen molar-refractivity contribution in [2.24, 2.45) is 5.41 Å². The Bertz CT molecular complexity index is 512. The molecule has 0 aromatic heterocycles. The lowest BCUT2D eigenvalue weighted by molar-refractivity contribution is 0.261. The molecule has 1 aliphatic heterocycles. The monoisotopic (exact) mass is 307 g/mol. The van der Waals surface area contributed by atoms with Gasteiger partial charge in [-0.1, -0.05) is 26.7 Å². The third-order valence-corrected chi connectivity index (χ3v) is 6.74. The summed E-state index contributed by atoms with van der Waals surface area (Å²) in [5, 5.41) is 0. The number of hydrogen-bond donors (Lipinski definition) is 0. The Morgan fingerprint density at radius 1 is 1.29 bits per heavy atom. The number of fused-ring (bicyclic) bond motifs is 1. The minimum absolute atomic E-state index is 0.276. The first-order valence-corrected chi connectivity index (χ1v) is 9.52. The molecule has 1 heterocycles. The van der Waals surface area contributed by atoms with Crippen LogP contribution in [0.25, 0.3) is 0 Å². The van der Waals surface area contributed by atoms with Crippen molar-refractivity contribution >= 4 is 16.5 Å². The maximum absolute atomic E-state index is 12.8. The van der Waals surface area contributed by atoms with Crippen molar-refractivity contribution in [3.05, 3.63) is 23.8 Å². The normalized spacial score (nSPS) is 25.2. The minimum atomic E-state index is -0.845. The third kappa shape index (κ3) is 3.68. The molecule has 0 saturated carbocycles. The number of hydrogen-bond acceptors (Lipinski definition) is 2. The summed E-state index contributed by atoms with van der Waals surface area (Å²) in [6.45, 7) is 4.52. The van der Waals surface area contributed by atoms with Crippen molar-refractivity contribution in [3.8, 4) is 0 Å². The number of benzene rings is 1. The van der Waals surface area contributed by atoms with E-state index in [0.29, 0.717) is 0 Å². The van der Waals surface area contributed by atoms with E-state index < -0.39 is 10.8 Å². The van der Waals surface area contributed by atoms with E-state index in [1.54, 1.807) is 0 Å². The van der Waals surface area contributed by atoms with Gasteiger partial charge in [0, 0.05) is 30.4 Å². The van der Waals surface area contributed by atoms with Gasteiger partial charge in [-0.05, 0) is 54.9 Å². The molecule has 0 bridgehead atoms. The molecule has 3 heteroatoms. The molecule has 21 heavy (non-hydrogen) atoms. The molecule has 0 fully saturated rings. The third-order valence-electron chi connectivity index (χ3n) is 4.98. The number of anilines is 1. The predicted molar refractivity (Wildman–Crippen MR) is 92.6 cm³/mol. The second kappa shape index (κ2) is 6.95. The first-order chi connectivity index (χ1) is 10.0. The van der Waals surface area contributed by atoms with Gasteiger partial charge in [-0.2, -0.15) is 0 Å². The minimum Gasteiger partial charge on any atom is -0.378 e. The lowest BCUT2D eigenvalue weighted by Gasteiger charge is -2.31. The van der Waals surface area contributed by atoms with E-state index in [9.17, 15) is 4.21 Å². The van der Waals surface area contributed by atoms with Crippen molar-refractivity contribution in [2.75, 3.05) is 24.7 Å². The molecule has 1 unspecified atom stereocenters. The van der Waals surface area contributed by atoms with Gasteiger partial charge in [0.25, 0.3) is 0 Å². The average molecular weight is 308 g/mol. The fourth-order valence-electron chi connectivity index (χ4n) is 3.29. The van der Waals surface area contributed by atoms with Gasteiger partial charge in [0.15, 0.2) is 0 Å². The second-order valence-corrected chi connectivity index (χ2v) is 8.05. The highest BCUT2D eigenvalue weighted by Gasteiger charge is 2.33. The molecule has 118 valence electrons. The van der Waals surface area contributed by atoms with Gasteiger partial charge < -0.3 is 4.90 Å². The Kier molecular flexibility index (Phi) is 5.48. The van der Waals surface area contributed by atoms with Crippen LogP contribution in [0.2, 0.25) is 0 Å². The van der Waals surface area contributed by atoms with Gasteiger partial charge in [0.1, 0.15) is 0 Å². The van der Waals surface area contributed by atoms with Crippen LogP contribution in [0.15, 0.2) is 23.1 Å². The molecular weight excluding hydrogens is 278 g/mol. The number of nitrogens with zero attached hydrogens (tertiary/aromatic N) is 1. The molecule has 2 nitrogen and oxygen atoms in total. The van der Waals surface area contributed by atoms with Crippen molar-refractivity contribution in [2.45, 2.75) is 57.3 Å². The van der Waals surface area contributed by atoms with E-state index in [4.69, 9.17) is 0 Å². The quantitative estimate of drug-likeness (QED) is 0.804. The lowest BCUT2D eigenvalue weighted by Crippen LogP contribution is -2.26. The zero-order valence-electron chi connectivity index (χ0n) is 13.9. The van der Waals surface area contributed by atoms with Crippen LogP contribution < -0.4 is 4.90 Å². The van der Waals surface area contributed by atoms with Crippen LogP contribution in [0.5, 0.6) is 0 Å². The molecule has 2 rings (SSSR count). The van der Waals surface area contributed by atoms with Crippen LogP contribution in [0.1, 0.15) is 51.5 Å². The highest BCUT2D eigenvalue weighted by Crippen LogP contribution is 2.40. The summed E-state index contributed by atoms with van der Waals surface area (Å²) >= 11 is 0. The molecular formula is C18H29NOS. The second-order valence-electron chi connectivity index (χ2n) is 6.63. The number of aryl methyl sites for hydroxylation is 1. The van der Waals surface area contributed by atoms with Gasteiger partial charge >= 0.3 is 0 Å². The largest absolute Gasteiger partial charge is 0.378 e. The Morgan fingerprint density at radius 2 is 2.05 bits per heavy atom. The van der Waals surface area contributed by atoms with Crippen LogP contribution in [-0.4, -0.2) is 24.1 Å². The Labute approximate surface area is 132 Å². The summed E-state index contributed by atoms with van der Waals surface area (Å²) in [6.07, 6.45) is 7.10. The van der Waals surface area contributed by atoms with Gasteiger partial charge in [0.05, 0.1) is 10.8 Å². The molecule has 0 N–H and O–H groups in total. The fourth-order valence-corrected chi connectivity index (χ4v) is 5.17. The Balaban J connectivity index is 2.29. The van der Waals surface area contributed by atoms with Crippen molar-refractivity contribution < 1.29 is 4.21 Å². The maximum atomic E-state index is 12.8. The van der Waals surface area contributed by atoms with Crippen molar-refractivity contribution in [1.82, 2.24) is 0 Å². The van der Waals surface area contributed by atoms with Gasteiger partial charge in [-0.3, -0.25) is 4.21 Å². The topological polar surface area (TPSA) is 20.3 Å². The first-order valence-electron chi connectivity index (χ1n) is 8.20. The molecule has 0 spiro atoms. The molecule has 1 aromatic carbocycles. The zero-order chi connectivity index (χ0) is 15.5. The van der Waals surface area contributed by atoms with E-state index in [2.05, 4.69) is 51.0 Å². The molecule has 1 aliphatic rings. The molecule has 0 aliphatic carbocycles. The van der Waals surface area contributed by atoms with Crippen molar-refractivity contribution in [3.63, 3.8) is 0 Å².